The number of carbonyl (C=O) groups is 2. The number of benzene rings is 1. The van der Waals surface area contributed by atoms with Crippen molar-refractivity contribution >= 4 is 23.2 Å². The summed E-state index contributed by atoms with van der Waals surface area (Å²) < 4.78 is 0. The predicted octanol–water partition coefficient (Wildman–Crippen LogP) is 4.12. The molecule has 0 spiro atoms. The average molecular weight is 385 g/mol. The highest BCUT2D eigenvalue weighted by molar-refractivity contribution is 7.10. The van der Waals surface area contributed by atoms with E-state index in [0.29, 0.717) is 25.4 Å². The number of fused-ring (bicyclic) bond motifs is 1. The van der Waals surface area contributed by atoms with Crippen molar-refractivity contribution in [2.75, 3.05) is 19.6 Å². The van der Waals surface area contributed by atoms with Crippen LogP contribution in [0.25, 0.3) is 0 Å². The molecular weight excluding hydrogens is 356 g/mol. The summed E-state index contributed by atoms with van der Waals surface area (Å²) in [6.07, 6.45) is 1.31. The van der Waals surface area contributed by atoms with Gasteiger partial charge in [0.15, 0.2) is 0 Å². The van der Waals surface area contributed by atoms with Gasteiger partial charge in [-0.2, -0.15) is 0 Å². The van der Waals surface area contributed by atoms with Crippen molar-refractivity contribution in [3.05, 3.63) is 57.8 Å². The van der Waals surface area contributed by atoms with E-state index < -0.39 is 0 Å². The lowest BCUT2D eigenvalue weighted by Crippen LogP contribution is -2.47. The molecule has 5 heteroatoms. The van der Waals surface area contributed by atoms with Crippen LogP contribution in [-0.2, 0) is 16.0 Å². The van der Waals surface area contributed by atoms with Gasteiger partial charge >= 0.3 is 0 Å². The van der Waals surface area contributed by atoms with Gasteiger partial charge in [0.25, 0.3) is 0 Å². The molecule has 27 heavy (non-hydrogen) atoms. The second kappa shape index (κ2) is 8.70. The van der Waals surface area contributed by atoms with Crippen molar-refractivity contribution in [2.24, 2.45) is 5.92 Å². The highest BCUT2D eigenvalue weighted by Gasteiger charge is 2.33. The predicted molar refractivity (Wildman–Crippen MR) is 110 cm³/mol. The Labute approximate surface area is 165 Å². The molecule has 0 bridgehead atoms. The van der Waals surface area contributed by atoms with Gasteiger partial charge in [-0.15, -0.1) is 11.3 Å². The lowest BCUT2D eigenvalue weighted by molar-refractivity contribution is -0.142. The first-order valence-corrected chi connectivity index (χ1v) is 10.6. The normalized spacial score (nSPS) is 16.3. The van der Waals surface area contributed by atoms with Crippen LogP contribution in [0.5, 0.6) is 0 Å². The Morgan fingerprint density at radius 3 is 2.63 bits per heavy atom. The number of rotatable bonds is 6. The fraction of sp³-hybridized carbons (Fsp3) is 0.455. The molecule has 0 unspecified atom stereocenters. The summed E-state index contributed by atoms with van der Waals surface area (Å²) in [4.78, 5) is 30.6. The van der Waals surface area contributed by atoms with Crippen molar-refractivity contribution in [3.8, 4) is 0 Å². The number of amides is 2. The molecule has 2 heterocycles. The number of carbonyl (C=O) groups excluding carboxylic acids is 2. The Morgan fingerprint density at radius 2 is 1.96 bits per heavy atom. The Hall–Kier alpha value is -2.14. The molecule has 0 saturated carbocycles. The number of nitrogens with zero attached hydrogens (tertiary/aromatic N) is 2. The van der Waals surface area contributed by atoms with Crippen molar-refractivity contribution in [2.45, 2.75) is 39.7 Å². The van der Waals surface area contributed by atoms with Gasteiger partial charge in [0.05, 0.1) is 12.6 Å². The van der Waals surface area contributed by atoms with E-state index >= 15 is 0 Å². The zero-order chi connectivity index (χ0) is 19.4. The number of hydrogen-bond acceptors (Lipinski definition) is 3. The number of thiophene rings is 1. The van der Waals surface area contributed by atoms with E-state index in [1.54, 1.807) is 16.2 Å². The minimum Gasteiger partial charge on any atom is -0.333 e. The standard InChI is InChI=1S/C22H28N2O2S/c1-4-20(25)23(14-16(2)3)15-21(26)24-12-10-19-18(11-13-27-19)22(24)17-8-6-5-7-9-17/h5-9,11,13,16,22H,4,10,12,14-15H2,1-3H3/t22-/m0/s1. The van der Waals surface area contributed by atoms with Crippen LogP contribution in [0.15, 0.2) is 41.8 Å². The van der Waals surface area contributed by atoms with Gasteiger partial charge < -0.3 is 9.80 Å². The van der Waals surface area contributed by atoms with Crippen LogP contribution in [0.2, 0.25) is 0 Å². The van der Waals surface area contributed by atoms with Gasteiger partial charge in [-0.05, 0) is 34.9 Å². The van der Waals surface area contributed by atoms with Gasteiger partial charge in [0.2, 0.25) is 11.8 Å². The third-order valence-corrected chi connectivity index (χ3v) is 5.96. The molecule has 0 aliphatic carbocycles. The molecule has 1 atom stereocenters. The van der Waals surface area contributed by atoms with Gasteiger partial charge in [-0.1, -0.05) is 51.1 Å². The third kappa shape index (κ3) is 4.41. The summed E-state index contributed by atoms with van der Waals surface area (Å²) in [5.74, 6) is 0.410. The highest BCUT2D eigenvalue weighted by atomic mass is 32.1. The molecule has 3 rings (SSSR count). The van der Waals surface area contributed by atoms with E-state index in [1.807, 2.05) is 30.0 Å². The molecule has 0 fully saturated rings. The zero-order valence-corrected chi connectivity index (χ0v) is 17.2. The van der Waals surface area contributed by atoms with E-state index in [2.05, 4.69) is 37.4 Å². The molecule has 4 nitrogen and oxygen atoms in total. The van der Waals surface area contributed by atoms with Crippen LogP contribution in [0.4, 0.5) is 0 Å². The van der Waals surface area contributed by atoms with Crippen molar-refractivity contribution in [1.82, 2.24) is 9.80 Å². The quantitative estimate of drug-likeness (QED) is 0.752. The maximum Gasteiger partial charge on any atom is 0.242 e. The monoisotopic (exact) mass is 384 g/mol. The molecule has 0 radical (unpaired) electrons. The van der Waals surface area contributed by atoms with Gasteiger partial charge in [-0.3, -0.25) is 9.59 Å². The summed E-state index contributed by atoms with van der Waals surface area (Å²) >= 11 is 1.77. The number of hydrogen-bond donors (Lipinski definition) is 0. The molecule has 1 aromatic carbocycles. The van der Waals surface area contributed by atoms with Crippen molar-refractivity contribution in [3.63, 3.8) is 0 Å². The minimum absolute atomic E-state index is 0.0307. The largest absolute Gasteiger partial charge is 0.333 e. The van der Waals surface area contributed by atoms with E-state index in [9.17, 15) is 9.59 Å². The van der Waals surface area contributed by atoms with E-state index in [0.717, 1.165) is 12.0 Å². The molecule has 0 N–H and O–H groups in total. The first-order valence-electron chi connectivity index (χ1n) is 9.69. The molecular formula is C22H28N2O2S. The van der Waals surface area contributed by atoms with Crippen molar-refractivity contribution in [1.29, 1.82) is 0 Å². The van der Waals surface area contributed by atoms with Gasteiger partial charge in [0, 0.05) is 24.4 Å². The molecule has 144 valence electrons. The Morgan fingerprint density at radius 1 is 1.22 bits per heavy atom. The van der Waals surface area contributed by atoms with Crippen LogP contribution in [-0.4, -0.2) is 41.2 Å². The lowest BCUT2D eigenvalue weighted by Gasteiger charge is -2.37. The van der Waals surface area contributed by atoms with Crippen LogP contribution >= 0.6 is 11.3 Å². The molecule has 2 amide bonds. The third-order valence-electron chi connectivity index (χ3n) is 4.97. The first kappa shape index (κ1) is 19.6. The first-order chi connectivity index (χ1) is 13.0. The minimum atomic E-state index is -0.0636. The van der Waals surface area contributed by atoms with Crippen molar-refractivity contribution < 1.29 is 9.59 Å². The Kier molecular flexibility index (Phi) is 6.32. The molecule has 0 saturated heterocycles. The topological polar surface area (TPSA) is 40.6 Å². The van der Waals surface area contributed by atoms with Crippen LogP contribution < -0.4 is 0 Å². The zero-order valence-electron chi connectivity index (χ0n) is 16.4. The van der Waals surface area contributed by atoms with Gasteiger partial charge in [0.1, 0.15) is 0 Å². The summed E-state index contributed by atoms with van der Waals surface area (Å²) in [5.41, 5.74) is 2.35. The second-order valence-corrected chi connectivity index (χ2v) is 8.47. The molecule has 2 aromatic rings. The van der Waals surface area contributed by atoms with Crippen LogP contribution in [0.3, 0.4) is 0 Å². The molecule has 1 aliphatic rings. The van der Waals surface area contributed by atoms with Crippen LogP contribution in [0, 0.1) is 5.92 Å². The summed E-state index contributed by atoms with van der Waals surface area (Å²) in [6.45, 7) is 7.48. The van der Waals surface area contributed by atoms with E-state index in [-0.39, 0.29) is 24.4 Å². The lowest BCUT2D eigenvalue weighted by atomic mass is 9.93. The average Bonchev–Trinajstić information content (AvgIpc) is 3.15. The SMILES string of the molecule is CCC(=O)N(CC(=O)N1CCc2sccc2[C@@H]1c1ccccc1)CC(C)C. The Bertz CT molecular complexity index is 785. The summed E-state index contributed by atoms with van der Waals surface area (Å²) in [5, 5.41) is 2.11. The summed E-state index contributed by atoms with van der Waals surface area (Å²) in [7, 11) is 0. The molecule has 1 aromatic heterocycles. The van der Waals surface area contributed by atoms with Gasteiger partial charge in [-0.25, -0.2) is 0 Å². The maximum absolute atomic E-state index is 13.3. The Balaban J connectivity index is 1.87. The molecule has 1 aliphatic heterocycles. The van der Waals surface area contributed by atoms with Crippen LogP contribution in [0.1, 0.15) is 49.2 Å². The smallest absolute Gasteiger partial charge is 0.242 e. The fourth-order valence-corrected chi connectivity index (χ4v) is 4.66. The summed E-state index contributed by atoms with van der Waals surface area (Å²) in [6, 6.07) is 12.3. The maximum atomic E-state index is 13.3. The fourth-order valence-electron chi connectivity index (χ4n) is 3.75. The highest BCUT2D eigenvalue weighted by Crippen LogP contribution is 2.37. The second-order valence-electron chi connectivity index (χ2n) is 7.47. The van der Waals surface area contributed by atoms with E-state index in [4.69, 9.17) is 0 Å². The van der Waals surface area contributed by atoms with E-state index in [1.165, 1.54) is 10.4 Å².